The average molecular weight is 392 g/mol. The second kappa shape index (κ2) is 7.60. The number of halogens is 1. The van der Waals surface area contributed by atoms with Crippen molar-refractivity contribution in [3.63, 3.8) is 0 Å². The predicted molar refractivity (Wildman–Crippen MR) is 112 cm³/mol. The number of hydrogen-bond donors (Lipinski definition) is 1. The Bertz CT molecular complexity index is 1140. The first kappa shape index (κ1) is 18.4. The van der Waals surface area contributed by atoms with Gasteiger partial charge in [-0.3, -0.25) is 4.79 Å². The van der Waals surface area contributed by atoms with Gasteiger partial charge in [-0.1, -0.05) is 42.0 Å². The third-order valence-electron chi connectivity index (χ3n) is 4.73. The molecule has 1 amide bonds. The Balaban J connectivity index is 1.62. The highest BCUT2D eigenvalue weighted by molar-refractivity contribution is 7.19. The molecule has 28 heavy (non-hydrogen) atoms. The summed E-state index contributed by atoms with van der Waals surface area (Å²) in [6.45, 7) is 5.10. The van der Waals surface area contributed by atoms with Crippen LogP contribution in [0.5, 0.6) is 0 Å². The molecule has 0 fully saturated rings. The van der Waals surface area contributed by atoms with Gasteiger partial charge in [0.15, 0.2) is 0 Å². The summed E-state index contributed by atoms with van der Waals surface area (Å²) in [6.07, 6.45) is 0. The molecule has 1 N–H and O–H groups in total. The lowest BCUT2D eigenvalue weighted by molar-refractivity contribution is 0.0942. The van der Waals surface area contributed by atoms with Crippen LogP contribution >= 0.6 is 11.3 Å². The minimum Gasteiger partial charge on any atom is -0.347 e. The highest BCUT2D eigenvalue weighted by Crippen LogP contribution is 2.29. The van der Waals surface area contributed by atoms with Crippen LogP contribution in [0.15, 0.2) is 60.7 Å². The summed E-state index contributed by atoms with van der Waals surface area (Å²) in [5.74, 6) is -0.367. The Hall–Kier alpha value is -2.92. The number of hydrogen-bond acceptors (Lipinski definition) is 2. The summed E-state index contributed by atoms with van der Waals surface area (Å²) in [6, 6.07) is 18.6. The Kier molecular flexibility index (Phi) is 5.01. The highest BCUT2D eigenvalue weighted by atomic mass is 32.1. The van der Waals surface area contributed by atoms with Crippen molar-refractivity contribution in [3.05, 3.63) is 93.7 Å². The zero-order valence-corrected chi connectivity index (χ0v) is 16.6. The molecule has 0 saturated carbocycles. The highest BCUT2D eigenvalue weighted by Gasteiger charge is 2.17. The molecule has 5 heteroatoms. The van der Waals surface area contributed by atoms with E-state index in [-0.39, 0.29) is 11.7 Å². The van der Waals surface area contributed by atoms with Crippen molar-refractivity contribution in [3.8, 4) is 0 Å². The number of carbonyl (C=O) groups excluding carboxylic acids is 1. The fourth-order valence-corrected chi connectivity index (χ4v) is 4.35. The van der Waals surface area contributed by atoms with Crippen molar-refractivity contribution in [1.29, 1.82) is 0 Å². The Labute approximate surface area is 167 Å². The van der Waals surface area contributed by atoms with E-state index in [0.717, 1.165) is 21.3 Å². The van der Waals surface area contributed by atoms with Crippen molar-refractivity contribution >= 4 is 27.5 Å². The maximum Gasteiger partial charge on any atom is 0.268 e. The number of nitrogens with one attached hydrogen (secondary N) is 1. The Morgan fingerprint density at radius 1 is 1.04 bits per heavy atom. The van der Waals surface area contributed by atoms with Crippen molar-refractivity contribution in [2.75, 3.05) is 0 Å². The zero-order chi connectivity index (χ0) is 19.7. The molecule has 0 aliphatic heterocycles. The number of thiophene rings is 1. The molecule has 2 aromatic carbocycles. The van der Waals surface area contributed by atoms with Crippen LogP contribution in [0.1, 0.15) is 32.1 Å². The third-order valence-corrected chi connectivity index (χ3v) is 5.72. The minimum absolute atomic E-state index is 0.107. The van der Waals surface area contributed by atoms with Gasteiger partial charge in [0.2, 0.25) is 0 Å². The monoisotopic (exact) mass is 392 g/mol. The van der Waals surface area contributed by atoms with Crippen LogP contribution < -0.4 is 5.32 Å². The first-order valence-corrected chi connectivity index (χ1v) is 9.99. The summed E-state index contributed by atoms with van der Waals surface area (Å²) in [7, 11) is 0. The molecule has 0 spiro atoms. The molecule has 2 heterocycles. The van der Waals surface area contributed by atoms with E-state index in [0.29, 0.717) is 18.8 Å². The van der Waals surface area contributed by atoms with E-state index in [1.54, 1.807) is 23.5 Å². The second-order valence-electron chi connectivity index (χ2n) is 7.02. The lowest BCUT2D eigenvalue weighted by Crippen LogP contribution is -2.25. The first-order chi connectivity index (χ1) is 13.5. The number of aryl methyl sites for hydroxylation is 2. The molecule has 142 valence electrons. The van der Waals surface area contributed by atoms with E-state index >= 15 is 0 Å². The minimum atomic E-state index is -0.260. The molecule has 0 aliphatic rings. The smallest absolute Gasteiger partial charge is 0.268 e. The summed E-state index contributed by atoms with van der Waals surface area (Å²) in [5, 5.41) is 3.03. The van der Waals surface area contributed by atoms with Crippen molar-refractivity contribution < 1.29 is 9.18 Å². The zero-order valence-electron chi connectivity index (χ0n) is 15.8. The summed E-state index contributed by atoms with van der Waals surface area (Å²) < 4.78 is 16.3. The van der Waals surface area contributed by atoms with E-state index in [9.17, 15) is 9.18 Å². The summed E-state index contributed by atoms with van der Waals surface area (Å²) in [4.78, 5) is 14.1. The van der Waals surface area contributed by atoms with Gasteiger partial charge in [0.25, 0.3) is 5.91 Å². The van der Waals surface area contributed by atoms with Crippen LogP contribution in [0.4, 0.5) is 4.39 Å². The van der Waals surface area contributed by atoms with Crippen LogP contribution in [0.25, 0.3) is 10.2 Å². The van der Waals surface area contributed by atoms with Gasteiger partial charge in [-0.2, -0.15) is 0 Å². The number of nitrogens with zero attached hydrogens (tertiary/aromatic N) is 1. The van der Waals surface area contributed by atoms with Crippen molar-refractivity contribution in [2.45, 2.75) is 26.9 Å². The number of fused-ring (bicyclic) bond motifs is 1. The van der Waals surface area contributed by atoms with E-state index in [2.05, 4.69) is 24.4 Å². The maximum absolute atomic E-state index is 13.2. The van der Waals surface area contributed by atoms with Crippen LogP contribution in [0, 0.1) is 19.7 Å². The topological polar surface area (TPSA) is 34.0 Å². The maximum atomic E-state index is 13.2. The van der Waals surface area contributed by atoms with Gasteiger partial charge >= 0.3 is 0 Å². The molecular formula is C23H21FN2OS. The Morgan fingerprint density at radius 2 is 1.82 bits per heavy atom. The molecule has 4 rings (SSSR count). The molecule has 0 unspecified atom stereocenters. The van der Waals surface area contributed by atoms with Crippen LogP contribution in [0.3, 0.4) is 0 Å². The largest absolute Gasteiger partial charge is 0.347 e. The molecule has 2 aromatic heterocycles. The molecule has 3 nitrogen and oxygen atoms in total. The van der Waals surface area contributed by atoms with Crippen molar-refractivity contribution in [2.24, 2.45) is 0 Å². The first-order valence-electron chi connectivity index (χ1n) is 9.17. The predicted octanol–water partition coefficient (Wildman–Crippen LogP) is 5.44. The number of aromatic nitrogens is 1. The van der Waals surface area contributed by atoms with Gasteiger partial charge in [-0.25, -0.2) is 4.39 Å². The van der Waals surface area contributed by atoms with Gasteiger partial charge in [0.05, 0.1) is 10.2 Å². The van der Waals surface area contributed by atoms with E-state index in [1.165, 1.54) is 22.6 Å². The molecule has 0 aliphatic carbocycles. The van der Waals surface area contributed by atoms with E-state index in [1.807, 2.05) is 35.8 Å². The Morgan fingerprint density at radius 3 is 2.57 bits per heavy atom. The van der Waals surface area contributed by atoms with E-state index in [4.69, 9.17) is 0 Å². The lowest BCUT2D eigenvalue weighted by Gasteiger charge is -2.11. The third kappa shape index (κ3) is 3.85. The fourth-order valence-electron chi connectivity index (χ4n) is 3.39. The van der Waals surface area contributed by atoms with Crippen molar-refractivity contribution in [1.82, 2.24) is 9.88 Å². The normalized spacial score (nSPS) is 11.1. The van der Waals surface area contributed by atoms with Gasteiger partial charge in [0, 0.05) is 18.0 Å². The number of amides is 1. The summed E-state index contributed by atoms with van der Waals surface area (Å²) in [5.41, 5.74) is 4.85. The fraction of sp³-hybridized carbons (Fsp3) is 0.174. The summed E-state index contributed by atoms with van der Waals surface area (Å²) >= 11 is 1.67. The van der Waals surface area contributed by atoms with Crippen LogP contribution in [-0.4, -0.2) is 10.5 Å². The van der Waals surface area contributed by atoms with Gasteiger partial charge < -0.3 is 9.88 Å². The van der Waals surface area contributed by atoms with Gasteiger partial charge in [-0.15, -0.1) is 11.3 Å². The molecule has 0 radical (unpaired) electrons. The second-order valence-corrected chi connectivity index (χ2v) is 8.31. The molecule has 0 saturated heterocycles. The molecule has 4 aromatic rings. The standard InChI is InChI=1S/C23H21FN2OS/c1-15-4-3-5-18(10-15)13-25-23(27)21-12-22-20(11-16(2)28-22)26(21)14-17-6-8-19(24)9-7-17/h3-12H,13-14H2,1-2H3,(H,25,27). The number of carbonyl (C=O) groups is 1. The van der Waals surface area contributed by atoms with Gasteiger partial charge in [0.1, 0.15) is 11.5 Å². The SMILES string of the molecule is Cc1cccc(CNC(=O)c2cc3sc(C)cc3n2Cc2ccc(F)cc2)c1. The average Bonchev–Trinajstić information content (AvgIpc) is 3.19. The molecule has 0 bridgehead atoms. The number of benzene rings is 2. The molecule has 0 atom stereocenters. The molecular weight excluding hydrogens is 371 g/mol. The quantitative estimate of drug-likeness (QED) is 0.482. The van der Waals surface area contributed by atoms with Gasteiger partial charge in [-0.05, 0) is 49.2 Å². The lowest BCUT2D eigenvalue weighted by atomic mass is 10.1. The van der Waals surface area contributed by atoms with Crippen LogP contribution in [0.2, 0.25) is 0 Å². The number of rotatable bonds is 5. The van der Waals surface area contributed by atoms with E-state index < -0.39 is 0 Å². The van der Waals surface area contributed by atoms with Crippen LogP contribution in [-0.2, 0) is 13.1 Å².